The van der Waals surface area contributed by atoms with Crippen molar-refractivity contribution in [3.8, 4) is 5.75 Å². The molecule has 2 fully saturated rings. The predicted molar refractivity (Wildman–Crippen MR) is 75.9 cm³/mol. The van der Waals surface area contributed by atoms with Gasteiger partial charge in [0.15, 0.2) is 0 Å². The van der Waals surface area contributed by atoms with Crippen LogP contribution in [0.5, 0.6) is 5.75 Å². The van der Waals surface area contributed by atoms with Gasteiger partial charge in [0.2, 0.25) is 5.91 Å². The van der Waals surface area contributed by atoms with Gasteiger partial charge < -0.3 is 20.1 Å². The fraction of sp³-hybridized carbons (Fsp3) is 0.533. The van der Waals surface area contributed by atoms with Gasteiger partial charge in [0.05, 0.1) is 31.5 Å². The molecule has 3 atom stereocenters. The lowest BCUT2D eigenvalue weighted by atomic mass is 9.95. The largest absolute Gasteiger partial charge is 0.495 e. The molecule has 2 aliphatic heterocycles. The van der Waals surface area contributed by atoms with Gasteiger partial charge in [-0.3, -0.25) is 4.79 Å². The normalized spacial score (nSPS) is 27.6. The minimum Gasteiger partial charge on any atom is -0.495 e. The van der Waals surface area contributed by atoms with Crippen LogP contribution in [0.2, 0.25) is 0 Å². The quantitative estimate of drug-likeness (QED) is 0.856. The van der Waals surface area contributed by atoms with Gasteiger partial charge >= 0.3 is 0 Å². The first-order valence-electron chi connectivity index (χ1n) is 7.08. The lowest BCUT2D eigenvalue weighted by Crippen LogP contribution is -2.41. The average Bonchev–Trinajstić information content (AvgIpc) is 3.08. The van der Waals surface area contributed by atoms with Crippen LogP contribution in [0, 0.1) is 0 Å². The standard InChI is InChI=1S/C15H20N2O3/c1-19-13-5-3-2-4-11(13)17-15(18)9-16-12-8-10-6-7-14(12)20-10/h2-5,10,12,14,16H,6-9H2,1H3,(H,17,18). The summed E-state index contributed by atoms with van der Waals surface area (Å²) in [5.41, 5.74) is 0.700. The van der Waals surface area contributed by atoms with Gasteiger partial charge in [0.25, 0.3) is 0 Å². The van der Waals surface area contributed by atoms with E-state index in [0.29, 0.717) is 36.2 Å². The molecule has 0 aromatic heterocycles. The minimum absolute atomic E-state index is 0.0581. The Hall–Kier alpha value is -1.59. The van der Waals surface area contributed by atoms with Gasteiger partial charge in [-0.15, -0.1) is 0 Å². The molecule has 0 radical (unpaired) electrons. The van der Waals surface area contributed by atoms with Gasteiger partial charge in [-0.1, -0.05) is 12.1 Å². The number of para-hydroxylation sites is 2. The summed E-state index contributed by atoms with van der Waals surface area (Å²) in [7, 11) is 1.59. The van der Waals surface area contributed by atoms with Crippen LogP contribution in [-0.2, 0) is 9.53 Å². The maximum absolute atomic E-state index is 12.0. The fourth-order valence-corrected chi connectivity index (χ4v) is 3.02. The van der Waals surface area contributed by atoms with Gasteiger partial charge in [-0.25, -0.2) is 0 Å². The Labute approximate surface area is 118 Å². The molecule has 1 amide bonds. The molecule has 2 aliphatic rings. The van der Waals surface area contributed by atoms with E-state index in [2.05, 4.69) is 10.6 Å². The highest BCUT2D eigenvalue weighted by Gasteiger charge is 2.40. The molecule has 20 heavy (non-hydrogen) atoms. The van der Waals surface area contributed by atoms with Gasteiger partial charge in [-0.2, -0.15) is 0 Å². The number of carbonyl (C=O) groups is 1. The lowest BCUT2D eigenvalue weighted by molar-refractivity contribution is -0.115. The third kappa shape index (κ3) is 2.78. The maximum Gasteiger partial charge on any atom is 0.238 e. The third-order valence-electron chi connectivity index (χ3n) is 4.01. The van der Waals surface area contributed by atoms with E-state index in [4.69, 9.17) is 9.47 Å². The fourth-order valence-electron chi connectivity index (χ4n) is 3.02. The SMILES string of the molecule is COc1ccccc1NC(=O)CNC1CC2CCC1O2. The molecule has 2 bridgehead atoms. The van der Waals surface area contributed by atoms with Crippen molar-refractivity contribution in [1.29, 1.82) is 0 Å². The Morgan fingerprint density at radius 2 is 2.25 bits per heavy atom. The maximum atomic E-state index is 12.0. The van der Waals surface area contributed by atoms with Crippen molar-refractivity contribution in [3.05, 3.63) is 24.3 Å². The number of hydrogen-bond acceptors (Lipinski definition) is 4. The van der Waals surface area contributed by atoms with E-state index in [1.54, 1.807) is 7.11 Å². The highest BCUT2D eigenvalue weighted by molar-refractivity contribution is 5.93. The summed E-state index contributed by atoms with van der Waals surface area (Å²) in [6.07, 6.45) is 3.98. The van der Waals surface area contributed by atoms with Crippen molar-refractivity contribution in [2.24, 2.45) is 0 Å². The van der Waals surface area contributed by atoms with E-state index in [0.717, 1.165) is 19.3 Å². The van der Waals surface area contributed by atoms with Crippen LogP contribution in [0.15, 0.2) is 24.3 Å². The van der Waals surface area contributed by atoms with Crippen molar-refractivity contribution < 1.29 is 14.3 Å². The van der Waals surface area contributed by atoms with E-state index in [1.165, 1.54) is 0 Å². The minimum atomic E-state index is -0.0581. The molecule has 1 aromatic rings. The molecule has 2 heterocycles. The predicted octanol–water partition coefficient (Wildman–Crippen LogP) is 1.54. The second-order valence-corrected chi connectivity index (χ2v) is 5.35. The molecule has 2 saturated heterocycles. The van der Waals surface area contributed by atoms with Crippen molar-refractivity contribution in [2.75, 3.05) is 19.0 Å². The number of methoxy groups -OCH3 is 1. The second-order valence-electron chi connectivity index (χ2n) is 5.35. The molecular weight excluding hydrogens is 256 g/mol. The average molecular weight is 276 g/mol. The summed E-state index contributed by atoms with van der Waals surface area (Å²) < 4.78 is 11.0. The number of carbonyl (C=O) groups excluding carboxylic acids is 1. The summed E-state index contributed by atoms with van der Waals surface area (Å²) >= 11 is 0. The first-order valence-corrected chi connectivity index (χ1v) is 7.08. The Bertz CT molecular complexity index is 492. The molecule has 0 saturated carbocycles. The first kappa shape index (κ1) is 13.4. The van der Waals surface area contributed by atoms with Crippen molar-refractivity contribution in [2.45, 2.75) is 37.5 Å². The summed E-state index contributed by atoms with van der Waals surface area (Å²) in [5.74, 6) is 0.612. The number of anilines is 1. The van der Waals surface area contributed by atoms with Gasteiger partial charge in [0.1, 0.15) is 5.75 Å². The van der Waals surface area contributed by atoms with Crippen LogP contribution in [0.1, 0.15) is 19.3 Å². The first-order chi connectivity index (χ1) is 9.76. The zero-order valence-corrected chi connectivity index (χ0v) is 11.6. The Balaban J connectivity index is 1.50. The topological polar surface area (TPSA) is 59.6 Å². The molecule has 0 spiro atoms. The van der Waals surface area contributed by atoms with Crippen molar-refractivity contribution >= 4 is 11.6 Å². The van der Waals surface area contributed by atoms with Crippen LogP contribution < -0.4 is 15.4 Å². The number of rotatable bonds is 5. The van der Waals surface area contributed by atoms with Gasteiger partial charge in [-0.05, 0) is 31.4 Å². The molecule has 3 unspecified atom stereocenters. The van der Waals surface area contributed by atoms with Crippen LogP contribution in [0.25, 0.3) is 0 Å². The second kappa shape index (κ2) is 5.81. The van der Waals surface area contributed by atoms with Crippen molar-refractivity contribution in [3.63, 3.8) is 0 Å². The molecule has 2 N–H and O–H groups in total. The lowest BCUT2D eigenvalue weighted by Gasteiger charge is -2.19. The number of ether oxygens (including phenoxy) is 2. The van der Waals surface area contributed by atoms with E-state index >= 15 is 0 Å². The van der Waals surface area contributed by atoms with E-state index in [1.807, 2.05) is 24.3 Å². The Kier molecular flexibility index (Phi) is 3.89. The number of benzene rings is 1. The Morgan fingerprint density at radius 1 is 1.40 bits per heavy atom. The number of fused-ring (bicyclic) bond motifs is 2. The summed E-state index contributed by atoms with van der Waals surface area (Å²) in [6.45, 7) is 0.301. The zero-order chi connectivity index (χ0) is 13.9. The van der Waals surface area contributed by atoms with E-state index < -0.39 is 0 Å². The zero-order valence-electron chi connectivity index (χ0n) is 11.6. The molecule has 5 heteroatoms. The number of amides is 1. The molecular formula is C15H20N2O3. The number of hydrogen-bond donors (Lipinski definition) is 2. The molecule has 5 nitrogen and oxygen atoms in total. The summed E-state index contributed by atoms with van der Waals surface area (Å²) in [4.78, 5) is 12.0. The Morgan fingerprint density at radius 3 is 2.95 bits per heavy atom. The molecule has 0 aliphatic carbocycles. The van der Waals surface area contributed by atoms with Crippen LogP contribution >= 0.6 is 0 Å². The number of nitrogens with one attached hydrogen (secondary N) is 2. The van der Waals surface area contributed by atoms with Crippen LogP contribution in [-0.4, -0.2) is 37.8 Å². The molecule has 1 aromatic carbocycles. The monoisotopic (exact) mass is 276 g/mol. The van der Waals surface area contributed by atoms with E-state index in [-0.39, 0.29) is 5.91 Å². The van der Waals surface area contributed by atoms with Crippen LogP contribution in [0.4, 0.5) is 5.69 Å². The van der Waals surface area contributed by atoms with Crippen molar-refractivity contribution in [1.82, 2.24) is 5.32 Å². The molecule has 3 rings (SSSR count). The van der Waals surface area contributed by atoms with Gasteiger partial charge in [0, 0.05) is 6.04 Å². The third-order valence-corrected chi connectivity index (χ3v) is 4.01. The highest BCUT2D eigenvalue weighted by Crippen LogP contribution is 2.34. The highest BCUT2D eigenvalue weighted by atomic mass is 16.5. The summed E-state index contributed by atoms with van der Waals surface area (Å²) in [6, 6.07) is 7.72. The molecule has 108 valence electrons. The van der Waals surface area contributed by atoms with E-state index in [9.17, 15) is 4.79 Å². The smallest absolute Gasteiger partial charge is 0.238 e. The summed E-state index contributed by atoms with van der Waals surface area (Å²) in [5, 5.41) is 6.15. The van der Waals surface area contributed by atoms with Crippen LogP contribution in [0.3, 0.4) is 0 Å².